The van der Waals surface area contributed by atoms with Crippen LogP contribution in [-0.4, -0.2) is 18.1 Å². The van der Waals surface area contributed by atoms with Crippen LogP contribution in [0.15, 0.2) is 0 Å². The Labute approximate surface area is 74.1 Å². The molecule has 1 nitrogen and oxygen atoms in total. The molecule has 0 radical (unpaired) electrons. The second kappa shape index (κ2) is 3.07. The summed E-state index contributed by atoms with van der Waals surface area (Å²) in [6.07, 6.45) is -4.20. The van der Waals surface area contributed by atoms with Crippen molar-refractivity contribution in [2.45, 2.75) is 18.5 Å². The Bertz CT molecular complexity index is 163. The zero-order chi connectivity index (χ0) is 9.52. The first-order chi connectivity index (χ1) is 5.39. The topological polar surface area (TPSA) is 26.0 Å². The number of rotatable bonds is 2. The summed E-state index contributed by atoms with van der Waals surface area (Å²) in [6.45, 7) is 1.36. The molecule has 1 aliphatic carbocycles. The van der Waals surface area contributed by atoms with E-state index in [0.29, 0.717) is 0 Å². The van der Waals surface area contributed by atoms with Gasteiger partial charge in [0.15, 0.2) is 0 Å². The van der Waals surface area contributed by atoms with Crippen molar-refractivity contribution in [2.75, 3.05) is 6.54 Å². The highest BCUT2D eigenvalue weighted by atomic mass is 35.5. The normalized spacial score (nSPS) is 38.0. The second-order valence-corrected chi connectivity index (χ2v) is 3.77. The molecule has 1 saturated carbocycles. The molecule has 72 valence electrons. The molecule has 1 aliphatic rings. The number of alkyl halides is 4. The van der Waals surface area contributed by atoms with Crippen LogP contribution in [0, 0.1) is 17.8 Å². The zero-order valence-corrected chi connectivity index (χ0v) is 7.36. The van der Waals surface area contributed by atoms with E-state index in [4.69, 9.17) is 17.3 Å². The van der Waals surface area contributed by atoms with Gasteiger partial charge in [-0.1, -0.05) is 6.92 Å². The van der Waals surface area contributed by atoms with Gasteiger partial charge >= 0.3 is 6.18 Å². The largest absolute Gasteiger partial charge is 0.393 e. The van der Waals surface area contributed by atoms with Gasteiger partial charge in [0, 0.05) is 11.9 Å². The first-order valence-electron chi connectivity index (χ1n) is 3.80. The lowest BCUT2D eigenvalue weighted by atomic mass is 10.0. The van der Waals surface area contributed by atoms with Crippen molar-refractivity contribution < 1.29 is 13.2 Å². The summed E-state index contributed by atoms with van der Waals surface area (Å²) in [5.41, 5.74) is 5.05. The van der Waals surface area contributed by atoms with Crippen molar-refractivity contribution in [3.05, 3.63) is 0 Å². The van der Waals surface area contributed by atoms with Gasteiger partial charge in [0.1, 0.15) is 0 Å². The zero-order valence-electron chi connectivity index (χ0n) is 6.61. The highest BCUT2D eigenvalue weighted by Gasteiger charge is 2.58. The molecular formula is C7H11ClF3N. The Hall–Kier alpha value is 0.0400. The molecule has 1 fully saturated rings. The van der Waals surface area contributed by atoms with Crippen LogP contribution in [0.1, 0.15) is 6.92 Å². The van der Waals surface area contributed by atoms with Gasteiger partial charge in [-0.3, -0.25) is 0 Å². The highest BCUT2D eigenvalue weighted by molar-refractivity contribution is 6.23. The van der Waals surface area contributed by atoms with Crippen molar-refractivity contribution in [1.82, 2.24) is 0 Å². The maximum absolute atomic E-state index is 12.2. The lowest BCUT2D eigenvalue weighted by Gasteiger charge is -2.17. The van der Waals surface area contributed by atoms with Crippen LogP contribution in [0.5, 0.6) is 0 Å². The van der Waals surface area contributed by atoms with E-state index in [1.54, 1.807) is 6.92 Å². The van der Waals surface area contributed by atoms with E-state index in [-0.39, 0.29) is 17.8 Å². The van der Waals surface area contributed by atoms with Gasteiger partial charge in [-0.15, -0.1) is 11.6 Å². The third-order valence-electron chi connectivity index (χ3n) is 2.48. The fourth-order valence-corrected chi connectivity index (χ4v) is 2.03. The summed E-state index contributed by atoms with van der Waals surface area (Å²) in [4.78, 5) is 0. The predicted octanol–water partition coefficient (Wildman–Crippen LogP) is 2.00. The van der Waals surface area contributed by atoms with Gasteiger partial charge in [-0.2, -0.15) is 13.2 Å². The van der Waals surface area contributed by atoms with E-state index in [2.05, 4.69) is 0 Å². The van der Waals surface area contributed by atoms with E-state index in [1.807, 2.05) is 0 Å². The molecule has 3 unspecified atom stereocenters. The Morgan fingerprint density at radius 3 is 2.00 bits per heavy atom. The molecule has 4 atom stereocenters. The monoisotopic (exact) mass is 201 g/mol. The number of hydrogen-bond donors (Lipinski definition) is 1. The molecule has 0 bridgehead atoms. The van der Waals surface area contributed by atoms with Crippen LogP contribution < -0.4 is 5.73 Å². The van der Waals surface area contributed by atoms with Crippen LogP contribution in [0.3, 0.4) is 0 Å². The van der Waals surface area contributed by atoms with Gasteiger partial charge in [-0.25, -0.2) is 0 Å². The second-order valence-electron chi connectivity index (χ2n) is 3.26. The van der Waals surface area contributed by atoms with Crippen molar-refractivity contribution in [3.8, 4) is 0 Å². The molecule has 0 aromatic carbocycles. The minimum Gasteiger partial charge on any atom is -0.330 e. The Morgan fingerprint density at radius 1 is 1.50 bits per heavy atom. The molecule has 0 spiro atoms. The van der Waals surface area contributed by atoms with Gasteiger partial charge in [0.05, 0.1) is 5.92 Å². The minimum absolute atomic E-state index is 0.0539. The fraction of sp³-hybridized carbons (Fsp3) is 1.00. The summed E-state index contributed by atoms with van der Waals surface area (Å²) < 4.78 is 36.7. The number of halogens is 4. The van der Waals surface area contributed by atoms with Gasteiger partial charge < -0.3 is 5.73 Å². The number of nitrogens with two attached hydrogens (primary N) is 1. The van der Waals surface area contributed by atoms with Crippen molar-refractivity contribution in [2.24, 2.45) is 23.5 Å². The highest BCUT2D eigenvalue weighted by Crippen LogP contribution is 2.52. The van der Waals surface area contributed by atoms with Gasteiger partial charge in [0.25, 0.3) is 0 Å². The van der Waals surface area contributed by atoms with E-state index < -0.39 is 18.0 Å². The SMILES string of the molecule is CC1C(Cl)[C@@H]1C(CN)C(F)(F)F. The lowest BCUT2D eigenvalue weighted by molar-refractivity contribution is -0.178. The van der Waals surface area contributed by atoms with Crippen molar-refractivity contribution in [3.63, 3.8) is 0 Å². The third kappa shape index (κ3) is 1.69. The summed E-state index contributed by atoms with van der Waals surface area (Å²) in [5.74, 6) is -1.95. The Balaban J connectivity index is 2.59. The first kappa shape index (κ1) is 10.1. The molecule has 0 heterocycles. The minimum atomic E-state index is -4.20. The third-order valence-corrected chi connectivity index (χ3v) is 3.16. The quantitative estimate of drug-likeness (QED) is 0.680. The van der Waals surface area contributed by atoms with Crippen LogP contribution in [0.2, 0.25) is 0 Å². The van der Waals surface area contributed by atoms with Crippen LogP contribution in [0.25, 0.3) is 0 Å². The molecule has 0 aliphatic heterocycles. The fourth-order valence-electron chi connectivity index (χ4n) is 1.54. The van der Waals surface area contributed by atoms with Gasteiger partial charge in [-0.05, 0) is 11.8 Å². The van der Waals surface area contributed by atoms with Crippen LogP contribution in [0.4, 0.5) is 13.2 Å². The standard InChI is InChI=1S/C7H11ClF3N/c1-3-5(6(3)8)4(2-12)7(9,10)11/h3-6H,2,12H2,1H3/t3?,4?,5-,6?/m0/s1. The average molecular weight is 202 g/mol. The molecule has 1 rings (SSSR count). The summed E-state index contributed by atoms with van der Waals surface area (Å²) >= 11 is 5.63. The molecule has 0 saturated heterocycles. The lowest BCUT2D eigenvalue weighted by Crippen LogP contribution is -2.32. The maximum Gasteiger partial charge on any atom is 0.393 e. The van der Waals surface area contributed by atoms with Crippen LogP contribution >= 0.6 is 11.6 Å². The summed E-state index contributed by atoms with van der Waals surface area (Å²) in [7, 11) is 0. The van der Waals surface area contributed by atoms with E-state index in [9.17, 15) is 13.2 Å². The Morgan fingerprint density at radius 2 is 1.92 bits per heavy atom. The van der Waals surface area contributed by atoms with Crippen molar-refractivity contribution in [1.29, 1.82) is 0 Å². The Kier molecular flexibility index (Phi) is 2.59. The smallest absolute Gasteiger partial charge is 0.330 e. The first-order valence-corrected chi connectivity index (χ1v) is 4.24. The molecule has 2 N–H and O–H groups in total. The van der Waals surface area contributed by atoms with E-state index >= 15 is 0 Å². The molecule has 0 aromatic heterocycles. The molecule has 5 heteroatoms. The number of hydrogen-bond acceptors (Lipinski definition) is 1. The van der Waals surface area contributed by atoms with Crippen LogP contribution in [-0.2, 0) is 0 Å². The van der Waals surface area contributed by atoms with E-state index in [0.717, 1.165) is 0 Å². The molecule has 12 heavy (non-hydrogen) atoms. The summed E-state index contributed by atoms with van der Waals surface area (Å²) in [5, 5.41) is -0.347. The molecule has 0 amide bonds. The maximum atomic E-state index is 12.2. The summed E-state index contributed by atoms with van der Waals surface area (Å²) in [6, 6.07) is 0. The van der Waals surface area contributed by atoms with Gasteiger partial charge in [0.2, 0.25) is 0 Å². The average Bonchev–Trinajstić information content (AvgIpc) is 2.44. The molecule has 0 aromatic rings. The molecular weight excluding hydrogens is 191 g/mol. The predicted molar refractivity (Wildman–Crippen MR) is 40.9 cm³/mol. The van der Waals surface area contributed by atoms with Crippen molar-refractivity contribution >= 4 is 11.6 Å². The van der Waals surface area contributed by atoms with E-state index in [1.165, 1.54) is 0 Å².